The number of carbonyl (C=O) groups is 2. The Morgan fingerprint density at radius 2 is 2.14 bits per heavy atom. The van der Waals surface area contributed by atoms with Crippen molar-refractivity contribution in [3.63, 3.8) is 0 Å². The summed E-state index contributed by atoms with van der Waals surface area (Å²) in [4.78, 5) is 23.6. The van der Waals surface area contributed by atoms with Crippen LogP contribution >= 0.6 is 0 Å². The van der Waals surface area contributed by atoms with E-state index in [1.165, 1.54) is 19.2 Å². The third-order valence-electron chi connectivity index (χ3n) is 3.41. The van der Waals surface area contributed by atoms with E-state index in [0.717, 1.165) is 6.42 Å². The lowest BCUT2D eigenvalue weighted by Crippen LogP contribution is -2.37. The Morgan fingerprint density at radius 3 is 2.71 bits per heavy atom. The van der Waals surface area contributed by atoms with Gasteiger partial charge in [-0.2, -0.15) is 0 Å². The van der Waals surface area contributed by atoms with E-state index in [0.29, 0.717) is 18.6 Å². The van der Waals surface area contributed by atoms with Gasteiger partial charge in [0.25, 0.3) is 0 Å². The summed E-state index contributed by atoms with van der Waals surface area (Å²) in [6, 6.07) is 5.10. The van der Waals surface area contributed by atoms with Crippen LogP contribution in [-0.4, -0.2) is 31.7 Å². The molecule has 21 heavy (non-hydrogen) atoms. The smallest absolute Gasteiger partial charge is 0.307 e. The van der Waals surface area contributed by atoms with Gasteiger partial charge in [0.1, 0.15) is 11.9 Å². The number of esters is 1. The number of hydrogen-bond donors (Lipinski definition) is 1. The van der Waals surface area contributed by atoms with Crippen molar-refractivity contribution in [1.29, 1.82) is 0 Å². The summed E-state index contributed by atoms with van der Waals surface area (Å²) in [5, 5.41) is 2.77. The number of carbonyl (C=O) groups excluding carboxylic acids is 2. The highest BCUT2D eigenvalue weighted by Gasteiger charge is 2.27. The topological polar surface area (TPSA) is 64.6 Å². The molecule has 0 saturated carbocycles. The van der Waals surface area contributed by atoms with E-state index >= 15 is 0 Å². The molecule has 5 nitrogen and oxygen atoms in total. The minimum Gasteiger partial charge on any atom is -0.469 e. The molecule has 0 unspecified atom stereocenters. The highest BCUT2D eigenvalue weighted by Crippen LogP contribution is 2.20. The highest BCUT2D eigenvalue weighted by atomic mass is 19.1. The van der Waals surface area contributed by atoms with Gasteiger partial charge in [0.15, 0.2) is 0 Å². The number of nitrogens with one attached hydrogen (secondary N) is 1. The molecule has 0 aliphatic carbocycles. The second kappa shape index (κ2) is 7.17. The molecule has 6 heteroatoms. The summed E-state index contributed by atoms with van der Waals surface area (Å²) in [7, 11) is 1.28. The summed E-state index contributed by atoms with van der Waals surface area (Å²) < 4.78 is 22.9. The molecule has 0 radical (unpaired) electrons. The van der Waals surface area contributed by atoms with Gasteiger partial charge in [-0.05, 0) is 30.5 Å². The van der Waals surface area contributed by atoms with Crippen LogP contribution in [0, 0.1) is 5.82 Å². The fourth-order valence-electron chi connectivity index (χ4n) is 2.25. The second-order valence-electron chi connectivity index (χ2n) is 4.89. The molecule has 1 aromatic rings. The zero-order valence-electron chi connectivity index (χ0n) is 11.8. The zero-order chi connectivity index (χ0) is 15.2. The van der Waals surface area contributed by atoms with E-state index in [2.05, 4.69) is 10.1 Å². The minimum absolute atomic E-state index is 0.0133. The van der Waals surface area contributed by atoms with E-state index in [1.807, 2.05) is 0 Å². The van der Waals surface area contributed by atoms with E-state index in [1.54, 1.807) is 12.1 Å². The average molecular weight is 295 g/mol. The van der Waals surface area contributed by atoms with Gasteiger partial charge < -0.3 is 14.8 Å². The van der Waals surface area contributed by atoms with Gasteiger partial charge in [-0.15, -0.1) is 0 Å². The first-order valence-corrected chi connectivity index (χ1v) is 6.84. The first-order chi connectivity index (χ1) is 10.1. The summed E-state index contributed by atoms with van der Waals surface area (Å²) >= 11 is 0. The number of rotatable bonds is 5. The van der Waals surface area contributed by atoms with Gasteiger partial charge in [-0.1, -0.05) is 12.1 Å². The van der Waals surface area contributed by atoms with Crippen molar-refractivity contribution in [3.8, 4) is 0 Å². The number of methoxy groups -OCH3 is 1. The van der Waals surface area contributed by atoms with Crippen molar-refractivity contribution in [1.82, 2.24) is 5.32 Å². The molecule has 0 bridgehead atoms. The Labute approximate surface area is 122 Å². The first-order valence-electron chi connectivity index (χ1n) is 6.84. The number of ether oxygens (including phenoxy) is 2. The molecular formula is C15H18FNO4. The first kappa shape index (κ1) is 15.4. The number of hydrogen-bond acceptors (Lipinski definition) is 4. The summed E-state index contributed by atoms with van der Waals surface area (Å²) in [6.07, 6.45) is 1.02. The average Bonchev–Trinajstić information content (AvgIpc) is 3.01. The summed E-state index contributed by atoms with van der Waals surface area (Å²) in [5.74, 6) is -1.08. The largest absolute Gasteiger partial charge is 0.469 e. The van der Waals surface area contributed by atoms with Gasteiger partial charge >= 0.3 is 5.97 Å². The maximum Gasteiger partial charge on any atom is 0.307 e. The van der Waals surface area contributed by atoms with Crippen LogP contribution in [0.2, 0.25) is 0 Å². The monoisotopic (exact) mass is 295 g/mol. The molecule has 0 aromatic heterocycles. The van der Waals surface area contributed by atoms with E-state index in [-0.39, 0.29) is 18.1 Å². The molecule has 1 N–H and O–H groups in total. The van der Waals surface area contributed by atoms with Crippen LogP contribution < -0.4 is 5.32 Å². The van der Waals surface area contributed by atoms with Crippen molar-refractivity contribution in [2.45, 2.75) is 31.4 Å². The van der Waals surface area contributed by atoms with E-state index in [4.69, 9.17) is 4.74 Å². The van der Waals surface area contributed by atoms with Gasteiger partial charge in [-0.25, -0.2) is 4.39 Å². The Morgan fingerprint density at radius 1 is 1.43 bits per heavy atom. The Bertz CT molecular complexity index is 497. The molecule has 2 atom stereocenters. The van der Waals surface area contributed by atoms with Gasteiger partial charge in [0, 0.05) is 6.61 Å². The van der Waals surface area contributed by atoms with Gasteiger partial charge in [0.2, 0.25) is 5.91 Å². The fourth-order valence-corrected chi connectivity index (χ4v) is 2.25. The molecule has 1 aliphatic rings. The third-order valence-corrected chi connectivity index (χ3v) is 3.41. The van der Waals surface area contributed by atoms with E-state index in [9.17, 15) is 14.0 Å². The Balaban J connectivity index is 2.09. The highest BCUT2D eigenvalue weighted by molar-refractivity contribution is 5.82. The molecule has 1 heterocycles. The van der Waals surface area contributed by atoms with Crippen molar-refractivity contribution >= 4 is 11.9 Å². The Kier molecular flexibility index (Phi) is 5.27. The van der Waals surface area contributed by atoms with Crippen LogP contribution in [0.25, 0.3) is 0 Å². The molecule has 1 fully saturated rings. The molecule has 1 amide bonds. The molecule has 1 saturated heterocycles. The Hall–Kier alpha value is -1.95. The SMILES string of the molecule is COC(=O)C[C@@H](NC(=O)[C@H]1CCCO1)c1ccc(F)cc1. The van der Waals surface area contributed by atoms with Crippen molar-refractivity contribution in [2.75, 3.05) is 13.7 Å². The molecule has 114 valence electrons. The van der Waals surface area contributed by atoms with Crippen molar-refractivity contribution in [2.24, 2.45) is 0 Å². The van der Waals surface area contributed by atoms with Crippen LogP contribution in [0.3, 0.4) is 0 Å². The fraction of sp³-hybridized carbons (Fsp3) is 0.467. The van der Waals surface area contributed by atoms with Crippen LogP contribution in [0.5, 0.6) is 0 Å². The predicted molar refractivity (Wildman–Crippen MR) is 72.9 cm³/mol. The third kappa shape index (κ3) is 4.26. The standard InChI is InChI=1S/C15H18FNO4/c1-20-14(18)9-12(10-4-6-11(16)7-5-10)17-15(19)13-3-2-8-21-13/h4-7,12-13H,2-3,8-9H2,1H3,(H,17,19)/t12-,13-/m1/s1. The minimum atomic E-state index is -0.560. The maximum absolute atomic E-state index is 13.0. The molecule has 0 spiro atoms. The lowest BCUT2D eigenvalue weighted by atomic mass is 10.0. The van der Waals surface area contributed by atoms with Crippen molar-refractivity contribution < 1.29 is 23.5 Å². The number of halogens is 1. The van der Waals surface area contributed by atoms with Gasteiger partial charge in [-0.3, -0.25) is 9.59 Å². The normalized spacial score (nSPS) is 19.0. The molecule has 2 rings (SSSR count). The van der Waals surface area contributed by atoms with Crippen LogP contribution in [-0.2, 0) is 19.1 Å². The predicted octanol–water partition coefficient (Wildman–Crippen LogP) is 1.73. The molecular weight excluding hydrogens is 277 g/mol. The van der Waals surface area contributed by atoms with Gasteiger partial charge in [0.05, 0.1) is 19.6 Å². The summed E-state index contributed by atoms with van der Waals surface area (Å²) in [6.45, 7) is 0.566. The molecule has 1 aliphatic heterocycles. The summed E-state index contributed by atoms with van der Waals surface area (Å²) in [5.41, 5.74) is 0.646. The maximum atomic E-state index is 13.0. The quantitative estimate of drug-likeness (QED) is 0.840. The number of benzene rings is 1. The molecule has 1 aromatic carbocycles. The lowest BCUT2D eigenvalue weighted by molar-refractivity contribution is -0.141. The van der Waals surface area contributed by atoms with Crippen LogP contribution in [0.1, 0.15) is 30.9 Å². The lowest BCUT2D eigenvalue weighted by Gasteiger charge is -2.20. The second-order valence-corrected chi connectivity index (χ2v) is 4.89. The zero-order valence-corrected chi connectivity index (χ0v) is 11.8. The van der Waals surface area contributed by atoms with Crippen molar-refractivity contribution in [3.05, 3.63) is 35.6 Å². The van der Waals surface area contributed by atoms with E-state index < -0.39 is 18.1 Å². The number of amides is 1. The van der Waals surface area contributed by atoms with Crippen LogP contribution in [0.4, 0.5) is 4.39 Å². The van der Waals surface area contributed by atoms with Crippen LogP contribution in [0.15, 0.2) is 24.3 Å².